The topological polar surface area (TPSA) is 56.8 Å². The number of carbonyl (C=O) groups is 1. The van der Waals surface area contributed by atoms with Crippen LogP contribution in [0.3, 0.4) is 0 Å². The van der Waals surface area contributed by atoms with Crippen molar-refractivity contribution in [2.75, 3.05) is 25.1 Å². The highest BCUT2D eigenvalue weighted by atomic mass is 16.5. The number of benzene rings is 2. The van der Waals surface area contributed by atoms with Gasteiger partial charge in [0.15, 0.2) is 0 Å². The maximum atomic E-state index is 12.5. The van der Waals surface area contributed by atoms with Crippen LogP contribution in [0.4, 0.5) is 5.69 Å². The molecule has 3 rings (SSSR count). The predicted octanol–water partition coefficient (Wildman–Crippen LogP) is 4.38. The lowest BCUT2D eigenvalue weighted by molar-refractivity contribution is -0.110. The van der Waals surface area contributed by atoms with E-state index in [1.165, 1.54) is 0 Å². The number of carbonyl (C=O) groups excluding carboxylic acids is 1. The zero-order chi connectivity index (χ0) is 18.5. The number of anilines is 1. The number of hydrogen-bond donors (Lipinski definition) is 1. The molecule has 1 heterocycles. The third kappa shape index (κ3) is 3.67. The van der Waals surface area contributed by atoms with Crippen LogP contribution in [0.25, 0.3) is 11.6 Å². The molecule has 0 unspecified atom stereocenters. The highest BCUT2D eigenvalue weighted by Crippen LogP contribution is 2.37. The van der Waals surface area contributed by atoms with Crippen molar-refractivity contribution in [3.8, 4) is 17.2 Å². The Bertz CT molecular complexity index is 842. The van der Waals surface area contributed by atoms with Crippen molar-refractivity contribution in [3.63, 3.8) is 0 Å². The van der Waals surface area contributed by atoms with Gasteiger partial charge in [-0.1, -0.05) is 0 Å². The van der Waals surface area contributed by atoms with Crippen LogP contribution in [0.1, 0.15) is 31.9 Å². The van der Waals surface area contributed by atoms with E-state index in [2.05, 4.69) is 5.32 Å². The van der Waals surface area contributed by atoms with E-state index in [-0.39, 0.29) is 5.91 Å². The summed E-state index contributed by atoms with van der Waals surface area (Å²) in [5, 5.41) is 2.90. The van der Waals surface area contributed by atoms with Gasteiger partial charge in [-0.05, 0) is 57.2 Å². The van der Waals surface area contributed by atoms with Crippen LogP contribution < -0.4 is 19.5 Å². The van der Waals surface area contributed by atoms with E-state index in [0.717, 1.165) is 34.1 Å². The number of fused-ring (bicyclic) bond motifs is 1. The van der Waals surface area contributed by atoms with E-state index in [1.807, 2.05) is 63.2 Å². The second-order valence-corrected chi connectivity index (χ2v) is 5.72. The molecule has 0 radical (unpaired) electrons. The number of amides is 1. The fraction of sp³-hybridized carbons (Fsp3) is 0.286. The van der Waals surface area contributed by atoms with Gasteiger partial charge in [0, 0.05) is 22.8 Å². The highest BCUT2D eigenvalue weighted by molar-refractivity contribution is 6.35. The molecule has 1 aliphatic heterocycles. The Morgan fingerprint density at radius 1 is 0.885 bits per heavy atom. The molecule has 0 saturated heterocycles. The van der Waals surface area contributed by atoms with Gasteiger partial charge in [-0.3, -0.25) is 4.79 Å². The predicted molar refractivity (Wildman–Crippen MR) is 103 cm³/mol. The van der Waals surface area contributed by atoms with Gasteiger partial charge in [0.25, 0.3) is 5.91 Å². The molecule has 2 aromatic carbocycles. The second kappa shape index (κ2) is 7.95. The van der Waals surface area contributed by atoms with Gasteiger partial charge in [0.2, 0.25) is 0 Å². The van der Waals surface area contributed by atoms with Crippen LogP contribution in [0.15, 0.2) is 36.4 Å². The average molecular weight is 353 g/mol. The van der Waals surface area contributed by atoms with Gasteiger partial charge in [0.1, 0.15) is 17.2 Å². The summed E-state index contributed by atoms with van der Waals surface area (Å²) >= 11 is 0. The summed E-state index contributed by atoms with van der Waals surface area (Å²) in [7, 11) is 0. The molecule has 26 heavy (non-hydrogen) atoms. The average Bonchev–Trinajstić information content (AvgIpc) is 2.93. The molecule has 1 aliphatic rings. The molecule has 136 valence electrons. The molecule has 0 aromatic heterocycles. The number of nitrogens with one attached hydrogen (secondary N) is 1. The molecule has 5 nitrogen and oxygen atoms in total. The van der Waals surface area contributed by atoms with Gasteiger partial charge in [0.05, 0.1) is 25.5 Å². The lowest BCUT2D eigenvalue weighted by Crippen LogP contribution is -2.04. The molecule has 1 amide bonds. The molecule has 0 fully saturated rings. The van der Waals surface area contributed by atoms with Crippen molar-refractivity contribution in [1.82, 2.24) is 0 Å². The summed E-state index contributed by atoms with van der Waals surface area (Å²) in [5.41, 5.74) is 3.01. The SMILES string of the molecule is CCOc1ccc(OCC)c(/C=C2/C(=O)Nc3cc(OCC)ccc32)c1. The van der Waals surface area contributed by atoms with Crippen LogP contribution in [-0.2, 0) is 4.79 Å². The summed E-state index contributed by atoms with van der Waals surface area (Å²) in [6.07, 6.45) is 1.84. The van der Waals surface area contributed by atoms with Crippen molar-refractivity contribution in [2.45, 2.75) is 20.8 Å². The standard InChI is InChI=1S/C21H23NO4/c1-4-24-15-8-10-20(26-6-3)14(11-15)12-18-17-9-7-16(25-5-2)13-19(17)22-21(18)23/h7-13H,4-6H2,1-3H3,(H,22,23)/b18-12+. The largest absolute Gasteiger partial charge is 0.494 e. The number of hydrogen-bond acceptors (Lipinski definition) is 4. The van der Waals surface area contributed by atoms with Crippen LogP contribution in [0.5, 0.6) is 17.2 Å². The Labute approximate surface area is 153 Å². The van der Waals surface area contributed by atoms with Crippen LogP contribution in [-0.4, -0.2) is 25.7 Å². The molecule has 5 heteroatoms. The van der Waals surface area contributed by atoms with Crippen LogP contribution >= 0.6 is 0 Å². The number of ether oxygens (including phenoxy) is 3. The van der Waals surface area contributed by atoms with Gasteiger partial charge in [-0.15, -0.1) is 0 Å². The molecule has 0 aliphatic carbocycles. The Hall–Kier alpha value is -2.95. The monoisotopic (exact) mass is 353 g/mol. The third-order valence-corrected chi connectivity index (χ3v) is 3.98. The quantitative estimate of drug-likeness (QED) is 0.751. The summed E-state index contributed by atoms with van der Waals surface area (Å²) in [5.74, 6) is 2.06. The molecule has 0 bridgehead atoms. The smallest absolute Gasteiger partial charge is 0.256 e. The van der Waals surface area contributed by atoms with Gasteiger partial charge in [-0.2, -0.15) is 0 Å². The lowest BCUT2D eigenvalue weighted by Gasteiger charge is -2.11. The van der Waals surface area contributed by atoms with Crippen molar-refractivity contribution in [2.24, 2.45) is 0 Å². The van der Waals surface area contributed by atoms with Crippen molar-refractivity contribution < 1.29 is 19.0 Å². The molecule has 0 spiro atoms. The molecular formula is C21H23NO4. The minimum atomic E-state index is -0.141. The van der Waals surface area contributed by atoms with E-state index in [9.17, 15) is 4.79 Å². The van der Waals surface area contributed by atoms with E-state index >= 15 is 0 Å². The lowest BCUT2D eigenvalue weighted by atomic mass is 10.0. The Morgan fingerprint density at radius 2 is 1.54 bits per heavy atom. The highest BCUT2D eigenvalue weighted by Gasteiger charge is 2.25. The van der Waals surface area contributed by atoms with Gasteiger partial charge >= 0.3 is 0 Å². The van der Waals surface area contributed by atoms with Crippen molar-refractivity contribution in [1.29, 1.82) is 0 Å². The van der Waals surface area contributed by atoms with Crippen LogP contribution in [0, 0.1) is 0 Å². The Balaban J connectivity index is 2.02. The zero-order valence-corrected chi connectivity index (χ0v) is 15.3. The molecule has 0 atom stereocenters. The maximum Gasteiger partial charge on any atom is 0.256 e. The summed E-state index contributed by atoms with van der Waals surface area (Å²) in [6, 6.07) is 11.2. The zero-order valence-electron chi connectivity index (χ0n) is 15.3. The van der Waals surface area contributed by atoms with Crippen molar-refractivity contribution >= 4 is 23.2 Å². The van der Waals surface area contributed by atoms with E-state index in [0.29, 0.717) is 25.4 Å². The minimum absolute atomic E-state index is 0.141. The molecule has 0 saturated carbocycles. The van der Waals surface area contributed by atoms with Gasteiger partial charge < -0.3 is 19.5 Å². The normalized spacial score (nSPS) is 14.1. The van der Waals surface area contributed by atoms with E-state index < -0.39 is 0 Å². The third-order valence-electron chi connectivity index (χ3n) is 3.98. The fourth-order valence-corrected chi connectivity index (χ4v) is 2.91. The maximum absolute atomic E-state index is 12.5. The van der Waals surface area contributed by atoms with E-state index in [4.69, 9.17) is 14.2 Å². The van der Waals surface area contributed by atoms with E-state index in [1.54, 1.807) is 0 Å². The van der Waals surface area contributed by atoms with Gasteiger partial charge in [-0.25, -0.2) is 0 Å². The Morgan fingerprint density at radius 3 is 2.23 bits per heavy atom. The first-order chi connectivity index (χ1) is 12.7. The van der Waals surface area contributed by atoms with Crippen molar-refractivity contribution in [3.05, 3.63) is 47.5 Å². The van der Waals surface area contributed by atoms with Crippen LogP contribution in [0.2, 0.25) is 0 Å². The molecule has 1 N–H and O–H groups in total. The first-order valence-electron chi connectivity index (χ1n) is 8.86. The molecule has 2 aromatic rings. The molecular weight excluding hydrogens is 330 g/mol. The summed E-state index contributed by atoms with van der Waals surface area (Å²) in [6.45, 7) is 7.50. The first-order valence-corrected chi connectivity index (χ1v) is 8.86. The summed E-state index contributed by atoms with van der Waals surface area (Å²) in [4.78, 5) is 12.5. The minimum Gasteiger partial charge on any atom is -0.494 e. The Kier molecular flexibility index (Phi) is 5.46. The first kappa shape index (κ1) is 17.9. The fourth-order valence-electron chi connectivity index (χ4n) is 2.91. The summed E-state index contributed by atoms with van der Waals surface area (Å²) < 4.78 is 16.8. The second-order valence-electron chi connectivity index (χ2n) is 5.72. The number of rotatable bonds is 7.